The van der Waals surface area contributed by atoms with E-state index in [0.717, 1.165) is 12.5 Å². The van der Waals surface area contributed by atoms with E-state index in [-0.39, 0.29) is 0 Å². The van der Waals surface area contributed by atoms with Crippen LogP contribution in [0.1, 0.15) is 52.4 Å². The van der Waals surface area contributed by atoms with Gasteiger partial charge in [0.1, 0.15) is 0 Å². The van der Waals surface area contributed by atoms with Gasteiger partial charge in [-0.05, 0) is 38.8 Å². The van der Waals surface area contributed by atoms with Gasteiger partial charge in [-0.3, -0.25) is 0 Å². The number of unbranched alkanes of at least 4 members (excludes halogenated alkanes) is 3. The monoisotopic (exact) mass is 213 g/mol. The zero-order valence-corrected chi connectivity index (χ0v) is 10.4. The molecule has 1 fully saturated rings. The van der Waals surface area contributed by atoms with Crippen molar-refractivity contribution in [2.45, 2.75) is 58.5 Å². The minimum Gasteiger partial charge on any atom is -0.378 e. The van der Waals surface area contributed by atoms with Gasteiger partial charge in [0.15, 0.2) is 0 Å². The highest BCUT2D eigenvalue weighted by Gasteiger charge is 2.16. The second kappa shape index (κ2) is 8.12. The minimum absolute atomic E-state index is 0.467. The highest BCUT2D eigenvalue weighted by atomic mass is 16.5. The van der Waals surface area contributed by atoms with Crippen molar-refractivity contribution >= 4 is 0 Å². The van der Waals surface area contributed by atoms with Gasteiger partial charge < -0.3 is 10.1 Å². The molecule has 0 saturated carbocycles. The van der Waals surface area contributed by atoms with E-state index in [0.29, 0.717) is 6.10 Å². The molecule has 1 unspecified atom stereocenters. The highest BCUT2D eigenvalue weighted by Crippen LogP contribution is 2.11. The van der Waals surface area contributed by atoms with Crippen molar-refractivity contribution in [2.75, 3.05) is 19.7 Å². The maximum Gasteiger partial charge on any atom is 0.0547 e. The van der Waals surface area contributed by atoms with Gasteiger partial charge in [-0.2, -0.15) is 0 Å². The summed E-state index contributed by atoms with van der Waals surface area (Å²) in [6, 6.07) is 0. The van der Waals surface area contributed by atoms with Crippen LogP contribution in [0.2, 0.25) is 0 Å². The van der Waals surface area contributed by atoms with Gasteiger partial charge in [-0.1, -0.05) is 32.6 Å². The summed E-state index contributed by atoms with van der Waals surface area (Å²) < 4.78 is 5.80. The molecule has 0 amide bonds. The van der Waals surface area contributed by atoms with E-state index < -0.39 is 0 Å². The topological polar surface area (TPSA) is 21.3 Å². The first kappa shape index (κ1) is 13.0. The molecular weight excluding hydrogens is 186 g/mol. The highest BCUT2D eigenvalue weighted by molar-refractivity contribution is 4.74. The molecule has 0 aromatic heterocycles. The Kier molecular flexibility index (Phi) is 7.03. The predicted molar refractivity (Wildman–Crippen MR) is 65.1 cm³/mol. The van der Waals surface area contributed by atoms with E-state index in [4.69, 9.17) is 4.74 Å². The first-order chi connectivity index (χ1) is 7.33. The molecule has 0 spiro atoms. The van der Waals surface area contributed by atoms with E-state index >= 15 is 0 Å². The molecule has 1 aliphatic heterocycles. The number of ether oxygens (including phenoxy) is 1. The molecule has 2 heteroatoms. The normalized spacial score (nSPS) is 18.8. The molecule has 1 N–H and O–H groups in total. The lowest BCUT2D eigenvalue weighted by Gasteiger charge is -2.27. The van der Waals surface area contributed by atoms with Crippen LogP contribution in [-0.4, -0.2) is 25.8 Å². The lowest BCUT2D eigenvalue weighted by atomic mass is 10.0. The fourth-order valence-electron chi connectivity index (χ4n) is 1.93. The van der Waals surface area contributed by atoms with Crippen molar-refractivity contribution in [3.8, 4) is 0 Å². The van der Waals surface area contributed by atoms with Gasteiger partial charge in [0, 0.05) is 6.61 Å². The molecule has 1 rings (SSSR count). The maximum absolute atomic E-state index is 5.80. The van der Waals surface area contributed by atoms with Crippen molar-refractivity contribution in [2.24, 2.45) is 5.92 Å². The lowest BCUT2D eigenvalue weighted by molar-refractivity contribution is 0.0452. The largest absolute Gasteiger partial charge is 0.378 e. The predicted octanol–water partition coefficient (Wildman–Crippen LogP) is 2.97. The molecule has 1 atom stereocenters. The van der Waals surface area contributed by atoms with Crippen molar-refractivity contribution in [3.63, 3.8) is 0 Å². The second-order valence-electron chi connectivity index (χ2n) is 4.84. The van der Waals surface area contributed by atoms with Crippen molar-refractivity contribution in [1.82, 2.24) is 5.32 Å². The minimum atomic E-state index is 0.467. The van der Waals surface area contributed by atoms with Crippen LogP contribution in [0.15, 0.2) is 0 Å². The summed E-state index contributed by atoms with van der Waals surface area (Å²) in [5.41, 5.74) is 0. The molecule has 1 heterocycles. The molecule has 0 aromatic rings. The lowest BCUT2D eigenvalue weighted by Crippen LogP contribution is -2.42. The summed E-state index contributed by atoms with van der Waals surface area (Å²) in [6.07, 6.45) is 8.35. The third-order valence-corrected chi connectivity index (χ3v) is 3.26. The number of hydrogen-bond donors (Lipinski definition) is 1. The Morgan fingerprint density at radius 3 is 2.67 bits per heavy atom. The molecule has 0 aliphatic carbocycles. The van der Waals surface area contributed by atoms with E-state index in [1.807, 2.05) is 0 Å². The number of hydrogen-bond acceptors (Lipinski definition) is 2. The quantitative estimate of drug-likeness (QED) is 0.595. The first-order valence-corrected chi connectivity index (χ1v) is 6.65. The Bertz CT molecular complexity index is 145. The first-order valence-electron chi connectivity index (χ1n) is 6.65. The number of nitrogens with one attached hydrogen (secondary N) is 1. The van der Waals surface area contributed by atoms with Crippen LogP contribution in [0, 0.1) is 5.92 Å². The van der Waals surface area contributed by atoms with Crippen LogP contribution >= 0.6 is 0 Å². The Morgan fingerprint density at radius 1 is 1.27 bits per heavy atom. The summed E-state index contributed by atoms with van der Waals surface area (Å²) in [6.45, 7) is 7.83. The van der Waals surface area contributed by atoms with Crippen molar-refractivity contribution < 1.29 is 4.74 Å². The third kappa shape index (κ3) is 6.16. The average Bonchev–Trinajstić information content (AvgIpc) is 2.17. The molecule has 0 bridgehead atoms. The van der Waals surface area contributed by atoms with Crippen LogP contribution in [-0.2, 0) is 4.74 Å². The van der Waals surface area contributed by atoms with E-state index in [9.17, 15) is 0 Å². The molecule has 1 saturated heterocycles. The molecule has 0 aromatic carbocycles. The summed E-state index contributed by atoms with van der Waals surface area (Å²) in [5.74, 6) is 0.886. The fourth-order valence-corrected chi connectivity index (χ4v) is 1.93. The SMILES string of the molecule is CCCCCCC(C)OCCC1CNC1. The summed E-state index contributed by atoms with van der Waals surface area (Å²) in [5, 5.41) is 3.29. The Labute approximate surface area is 94.8 Å². The zero-order valence-electron chi connectivity index (χ0n) is 10.4. The molecule has 0 radical (unpaired) electrons. The van der Waals surface area contributed by atoms with E-state index in [1.54, 1.807) is 0 Å². The Morgan fingerprint density at radius 2 is 2.07 bits per heavy atom. The van der Waals surface area contributed by atoms with Gasteiger partial charge in [0.2, 0.25) is 0 Å². The third-order valence-electron chi connectivity index (χ3n) is 3.26. The van der Waals surface area contributed by atoms with Crippen LogP contribution < -0.4 is 5.32 Å². The van der Waals surface area contributed by atoms with E-state index in [2.05, 4.69) is 19.2 Å². The molecule has 1 aliphatic rings. The van der Waals surface area contributed by atoms with Gasteiger partial charge in [0.25, 0.3) is 0 Å². The number of rotatable bonds is 9. The molecule has 90 valence electrons. The fraction of sp³-hybridized carbons (Fsp3) is 1.00. The van der Waals surface area contributed by atoms with Crippen LogP contribution in [0.25, 0.3) is 0 Å². The van der Waals surface area contributed by atoms with E-state index in [1.165, 1.54) is 51.6 Å². The zero-order chi connectivity index (χ0) is 10.9. The average molecular weight is 213 g/mol. The maximum atomic E-state index is 5.80. The summed E-state index contributed by atoms with van der Waals surface area (Å²) in [7, 11) is 0. The summed E-state index contributed by atoms with van der Waals surface area (Å²) in [4.78, 5) is 0. The van der Waals surface area contributed by atoms with Crippen molar-refractivity contribution in [1.29, 1.82) is 0 Å². The van der Waals surface area contributed by atoms with Crippen LogP contribution in [0.4, 0.5) is 0 Å². The van der Waals surface area contributed by atoms with Crippen molar-refractivity contribution in [3.05, 3.63) is 0 Å². The standard InChI is InChI=1S/C13H27NO/c1-3-4-5-6-7-12(2)15-9-8-13-10-14-11-13/h12-14H,3-11H2,1-2H3. The van der Waals surface area contributed by atoms with Crippen LogP contribution in [0.5, 0.6) is 0 Å². The second-order valence-corrected chi connectivity index (χ2v) is 4.84. The Hall–Kier alpha value is -0.0800. The summed E-state index contributed by atoms with van der Waals surface area (Å²) >= 11 is 0. The molecule has 2 nitrogen and oxygen atoms in total. The Balaban J connectivity index is 1.82. The molecular formula is C13H27NO. The van der Waals surface area contributed by atoms with Gasteiger partial charge in [-0.25, -0.2) is 0 Å². The van der Waals surface area contributed by atoms with Gasteiger partial charge in [-0.15, -0.1) is 0 Å². The van der Waals surface area contributed by atoms with Gasteiger partial charge in [0.05, 0.1) is 6.10 Å². The van der Waals surface area contributed by atoms with Gasteiger partial charge >= 0.3 is 0 Å². The van der Waals surface area contributed by atoms with Crippen LogP contribution in [0.3, 0.4) is 0 Å². The molecule has 15 heavy (non-hydrogen) atoms. The smallest absolute Gasteiger partial charge is 0.0547 e.